The number of benzene rings is 2. The summed E-state index contributed by atoms with van der Waals surface area (Å²) in [5.74, 6) is -0.00518. The van der Waals surface area contributed by atoms with Gasteiger partial charge in [-0.25, -0.2) is 0 Å². The molecule has 1 atom stereocenters. The summed E-state index contributed by atoms with van der Waals surface area (Å²) >= 11 is 0. The Labute approximate surface area is 144 Å². The molecule has 25 heavy (non-hydrogen) atoms. The highest BCUT2D eigenvalue weighted by Gasteiger charge is 2.42. The number of para-hydroxylation sites is 2. The minimum atomic E-state index is -0.441. The van der Waals surface area contributed by atoms with Crippen molar-refractivity contribution >= 4 is 22.5 Å². The van der Waals surface area contributed by atoms with E-state index in [2.05, 4.69) is 10.3 Å². The molecule has 0 spiro atoms. The minimum Gasteiger partial charge on any atom is -0.361 e. The molecule has 2 N–H and O–H groups in total. The molecular formula is C20H17N3O2. The predicted octanol–water partition coefficient (Wildman–Crippen LogP) is 3.26. The van der Waals surface area contributed by atoms with Crippen LogP contribution in [0.5, 0.6) is 0 Å². The highest BCUT2D eigenvalue weighted by atomic mass is 16.2. The van der Waals surface area contributed by atoms with Gasteiger partial charge in [0.25, 0.3) is 11.5 Å². The second kappa shape index (κ2) is 5.21. The smallest absolute Gasteiger partial charge is 0.258 e. The molecule has 2 aliphatic rings. The van der Waals surface area contributed by atoms with Crippen molar-refractivity contribution in [2.45, 2.75) is 25.0 Å². The summed E-state index contributed by atoms with van der Waals surface area (Å²) in [5.41, 5.74) is 2.67. The number of amides is 1. The number of nitrogens with one attached hydrogen (secondary N) is 2. The van der Waals surface area contributed by atoms with Crippen molar-refractivity contribution in [3.8, 4) is 0 Å². The van der Waals surface area contributed by atoms with Crippen LogP contribution in [-0.4, -0.2) is 21.8 Å². The number of anilines is 1. The highest BCUT2D eigenvalue weighted by Crippen LogP contribution is 2.40. The third-order valence-electron chi connectivity index (χ3n) is 4.98. The summed E-state index contributed by atoms with van der Waals surface area (Å²) in [6.45, 7) is 0. The summed E-state index contributed by atoms with van der Waals surface area (Å²) in [6.07, 6.45) is 1.53. The van der Waals surface area contributed by atoms with Gasteiger partial charge in [0.05, 0.1) is 11.1 Å². The van der Waals surface area contributed by atoms with Gasteiger partial charge in [-0.05, 0) is 42.5 Å². The van der Waals surface area contributed by atoms with Crippen LogP contribution in [0.15, 0.2) is 59.4 Å². The average Bonchev–Trinajstić information content (AvgIpc) is 3.46. The van der Waals surface area contributed by atoms with Crippen LogP contribution in [0.2, 0.25) is 0 Å². The van der Waals surface area contributed by atoms with Crippen molar-refractivity contribution in [2.24, 2.45) is 0 Å². The monoisotopic (exact) mass is 331 g/mol. The Hall–Kier alpha value is -3.08. The summed E-state index contributed by atoms with van der Waals surface area (Å²) in [5, 5.41) is 4.36. The molecule has 1 aromatic heterocycles. The Balaban J connectivity index is 1.68. The standard InChI is InChI=1S/C20H17N3O2/c24-19-15(11-12-5-1-3-7-16(12)22-19)18-21-17-8-4-2-6-14(17)20(25)23(18)13-9-10-13/h1-8,11,13,18,21H,9-10H2,(H,22,24)/t18-/m0/s1. The van der Waals surface area contributed by atoms with Gasteiger partial charge in [-0.3, -0.25) is 9.59 Å². The van der Waals surface area contributed by atoms with E-state index < -0.39 is 6.17 Å². The maximum Gasteiger partial charge on any atom is 0.258 e. The number of hydrogen-bond donors (Lipinski definition) is 2. The van der Waals surface area contributed by atoms with Crippen molar-refractivity contribution < 1.29 is 4.79 Å². The van der Waals surface area contributed by atoms with Crippen molar-refractivity contribution in [3.05, 3.63) is 76.1 Å². The van der Waals surface area contributed by atoms with E-state index in [9.17, 15) is 9.59 Å². The lowest BCUT2D eigenvalue weighted by Crippen LogP contribution is -2.46. The third-order valence-corrected chi connectivity index (χ3v) is 4.98. The van der Waals surface area contributed by atoms with E-state index in [4.69, 9.17) is 0 Å². The molecule has 0 saturated heterocycles. The van der Waals surface area contributed by atoms with Gasteiger partial charge in [-0.2, -0.15) is 0 Å². The van der Waals surface area contributed by atoms with Crippen LogP contribution >= 0.6 is 0 Å². The van der Waals surface area contributed by atoms with Gasteiger partial charge in [0.2, 0.25) is 0 Å². The molecule has 124 valence electrons. The third kappa shape index (κ3) is 2.23. The lowest BCUT2D eigenvalue weighted by Gasteiger charge is -2.38. The fourth-order valence-corrected chi connectivity index (χ4v) is 3.59. The van der Waals surface area contributed by atoms with E-state index in [0.29, 0.717) is 11.1 Å². The van der Waals surface area contributed by atoms with Crippen molar-refractivity contribution in [3.63, 3.8) is 0 Å². The highest BCUT2D eigenvalue weighted by molar-refractivity contribution is 6.02. The summed E-state index contributed by atoms with van der Waals surface area (Å²) in [6, 6.07) is 17.3. The number of fused-ring (bicyclic) bond motifs is 2. The Kier molecular flexibility index (Phi) is 2.98. The zero-order valence-corrected chi connectivity index (χ0v) is 13.5. The molecular weight excluding hydrogens is 314 g/mol. The molecule has 1 aliphatic heterocycles. The Morgan fingerprint density at radius 1 is 0.960 bits per heavy atom. The minimum absolute atomic E-state index is 0.00518. The molecule has 1 fully saturated rings. The maximum atomic E-state index is 13.0. The van der Waals surface area contributed by atoms with Crippen LogP contribution in [0, 0.1) is 0 Å². The zero-order valence-electron chi connectivity index (χ0n) is 13.5. The van der Waals surface area contributed by atoms with Crippen molar-refractivity contribution in [2.75, 3.05) is 5.32 Å². The number of aromatic amines is 1. The van der Waals surface area contributed by atoms with Crippen LogP contribution < -0.4 is 10.9 Å². The van der Waals surface area contributed by atoms with E-state index in [-0.39, 0.29) is 17.5 Å². The second-order valence-corrected chi connectivity index (χ2v) is 6.68. The van der Waals surface area contributed by atoms with E-state index in [1.165, 1.54) is 0 Å². The maximum absolute atomic E-state index is 13.0. The van der Waals surface area contributed by atoms with E-state index >= 15 is 0 Å². The molecule has 5 nitrogen and oxygen atoms in total. The first kappa shape index (κ1) is 14.3. The molecule has 0 unspecified atom stereocenters. The molecule has 2 heterocycles. The van der Waals surface area contributed by atoms with Gasteiger partial charge in [-0.1, -0.05) is 30.3 Å². The number of nitrogens with zero attached hydrogens (tertiary/aromatic N) is 1. The molecule has 5 rings (SSSR count). The molecule has 2 aromatic carbocycles. The number of hydrogen-bond acceptors (Lipinski definition) is 3. The summed E-state index contributed by atoms with van der Waals surface area (Å²) in [7, 11) is 0. The van der Waals surface area contributed by atoms with Gasteiger partial charge < -0.3 is 15.2 Å². The van der Waals surface area contributed by atoms with Crippen LogP contribution in [0.25, 0.3) is 10.9 Å². The van der Waals surface area contributed by atoms with Crippen LogP contribution in [0.1, 0.15) is 34.9 Å². The van der Waals surface area contributed by atoms with E-state index in [0.717, 1.165) is 29.4 Å². The fraction of sp³-hybridized carbons (Fsp3) is 0.200. The number of carbonyl (C=O) groups excluding carboxylic acids is 1. The SMILES string of the molecule is O=C1c2ccccc2N[C@H](c2cc3ccccc3[nH]c2=O)N1C1CC1. The molecule has 1 aliphatic carbocycles. The van der Waals surface area contributed by atoms with Gasteiger partial charge in [0.15, 0.2) is 0 Å². The average molecular weight is 331 g/mol. The number of carbonyl (C=O) groups is 1. The van der Waals surface area contributed by atoms with Crippen LogP contribution in [-0.2, 0) is 0 Å². The Bertz CT molecular complexity index is 1050. The van der Waals surface area contributed by atoms with Gasteiger partial charge in [-0.15, -0.1) is 0 Å². The Morgan fingerprint density at radius 3 is 2.56 bits per heavy atom. The second-order valence-electron chi connectivity index (χ2n) is 6.68. The first-order valence-electron chi connectivity index (χ1n) is 8.52. The summed E-state index contributed by atoms with van der Waals surface area (Å²) < 4.78 is 0. The Morgan fingerprint density at radius 2 is 1.72 bits per heavy atom. The molecule has 0 radical (unpaired) electrons. The van der Waals surface area contributed by atoms with E-state index in [1.807, 2.05) is 59.5 Å². The van der Waals surface area contributed by atoms with Gasteiger partial charge in [0.1, 0.15) is 6.17 Å². The van der Waals surface area contributed by atoms with Gasteiger partial charge >= 0.3 is 0 Å². The molecule has 5 heteroatoms. The number of pyridine rings is 1. The largest absolute Gasteiger partial charge is 0.361 e. The zero-order chi connectivity index (χ0) is 17.0. The van der Waals surface area contributed by atoms with E-state index in [1.54, 1.807) is 0 Å². The molecule has 1 amide bonds. The number of aromatic nitrogens is 1. The van der Waals surface area contributed by atoms with Gasteiger partial charge in [0, 0.05) is 17.2 Å². The topological polar surface area (TPSA) is 65.2 Å². The molecule has 0 bridgehead atoms. The molecule has 3 aromatic rings. The lowest BCUT2D eigenvalue weighted by atomic mass is 10.0. The summed E-state index contributed by atoms with van der Waals surface area (Å²) in [4.78, 5) is 30.5. The fourth-order valence-electron chi connectivity index (χ4n) is 3.59. The predicted molar refractivity (Wildman–Crippen MR) is 96.6 cm³/mol. The lowest BCUT2D eigenvalue weighted by molar-refractivity contribution is 0.0665. The first-order chi connectivity index (χ1) is 12.2. The van der Waals surface area contributed by atoms with Crippen LogP contribution in [0.3, 0.4) is 0 Å². The molecule has 1 saturated carbocycles. The first-order valence-corrected chi connectivity index (χ1v) is 8.52. The normalized spacial score (nSPS) is 19.6. The van der Waals surface area contributed by atoms with Crippen LogP contribution in [0.4, 0.5) is 5.69 Å². The number of H-pyrrole nitrogens is 1. The quantitative estimate of drug-likeness (QED) is 0.757. The van der Waals surface area contributed by atoms with Crippen molar-refractivity contribution in [1.29, 1.82) is 0 Å². The number of rotatable bonds is 2. The van der Waals surface area contributed by atoms with Crippen molar-refractivity contribution in [1.82, 2.24) is 9.88 Å².